The van der Waals surface area contributed by atoms with E-state index in [1.165, 1.54) is 19.2 Å². The van der Waals surface area contributed by atoms with Crippen LogP contribution in [0.4, 0.5) is 5.69 Å². The lowest BCUT2D eigenvalue weighted by atomic mass is 10.1. The maximum atomic E-state index is 12.3. The van der Waals surface area contributed by atoms with Crippen LogP contribution in [-0.2, 0) is 9.59 Å². The SMILES string of the molecule is COc1cccc(C(=O)Nc2cccc(/C(O)=C/C(=O)C(=O)O)c2)c1. The Hall–Kier alpha value is -3.61. The molecule has 2 rings (SSSR count). The number of ether oxygens (including phenoxy) is 1. The summed E-state index contributed by atoms with van der Waals surface area (Å²) in [5.74, 6) is -3.28. The number of amides is 1. The fourth-order valence-electron chi connectivity index (χ4n) is 1.99. The average molecular weight is 341 g/mol. The van der Waals surface area contributed by atoms with Gasteiger partial charge in [0.05, 0.1) is 7.11 Å². The van der Waals surface area contributed by atoms with Crippen molar-refractivity contribution in [1.82, 2.24) is 0 Å². The van der Waals surface area contributed by atoms with Crippen molar-refractivity contribution in [2.24, 2.45) is 0 Å². The van der Waals surface area contributed by atoms with Crippen LogP contribution in [0, 0.1) is 0 Å². The van der Waals surface area contributed by atoms with Gasteiger partial charge in [0.1, 0.15) is 11.5 Å². The van der Waals surface area contributed by atoms with Crippen molar-refractivity contribution in [1.29, 1.82) is 0 Å². The van der Waals surface area contributed by atoms with Gasteiger partial charge in [-0.1, -0.05) is 18.2 Å². The molecule has 0 bridgehead atoms. The van der Waals surface area contributed by atoms with E-state index in [1.807, 2.05) is 0 Å². The van der Waals surface area contributed by atoms with E-state index in [1.54, 1.807) is 36.4 Å². The Morgan fingerprint density at radius 1 is 1.00 bits per heavy atom. The van der Waals surface area contributed by atoms with Gasteiger partial charge in [0.2, 0.25) is 0 Å². The molecule has 0 fully saturated rings. The standard InChI is InChI=1S/C18H15NO6/c1-25-14-7-3-5-12(9-14)17(22)19-13-6-2-4-11(8-13)15(20)10-16(21)18(23)24/h2-10,20H,1H3,(H,19,22)(H,23,24)/b15-10-. The Bertz CT molecular complexity index is 856. The van der Waals surface area contributed by atoms with E-state index in [4.69, 9.17) is 9.84 Å². The van der Waals surface area contributed by atoms with Crippen LogP contribution in [0.1, 0.15) is 15.9 Å². The molecule has 7 heteroatoms. The Balaban J connectivity index is 2.20. The zero-order valence-corrected chi connectivity index (χ0v) is 13.2. The van der Waals surface area contributed by atoms with Crippen LogP contribution in [0.5, 0.6) is 5.75 Å². The highest BCUT2D eigenvalue weighted by atomic mass is 16.5. The molecule has 0 unspecified atom stereocenters. The van der Waals surface area contributed by atoms with Crippen LogP contribution >= 0.6 is 0 Å². The second kappa shape index (κ2) is 7.78. The van der Waals surface area contributed by atoms with E-state index >= 15 is 0 Å². The van der Waals surface area contributed by atoms with Gasteiger partial charge in [0, 0.05) is 22.9 Å². The monoisotopic (exact) mass is 341 g/mol. The van der Waals surface area contributed by atoms with Crippen molar-refractivity contribution in [3.05, 3.63) is 65.7 Å². The number of hydrogen-bond donors (Lipinski definition) is 3. The molecule has 0 aromatic heterocycles. The molecule has 0 radical (unpaired) electrons. The molecule has 0 atom stereocenters. The molecular weight excluding hydrogens is 326 g/mol. The number of carbonyl (C=O) groups excluding carboxylic acids is 2. The summed E-state index contributed by atoms with van der Waals surface area (Å²) in [6, 6.07) is 12.6. The average Bonchev–Trinajstić information content (AvgIpc) is 2.61. The number of nitrogens with one attached hydrogen (secondary N) is 1. The third-order valence-corrected chi connectivity index (χ3v) is 3.23. The smallest absolute Gasteiger partial charge is 0.376 e. The van der Waals surface area contributed by atoms with Gasteiger partial charge in [0.25, 0.3) is 11.7 Å². The quantitative estimate of drug-likeness (QED) is 0.423. The molecule has 0 saturated heterocycles. The number of carboxylic acid groups (broad SMARTS) is 1. The second-order valence-corrected chi connectivity index (χ2v) is 4.97. The van der Waals surface area contributed by atoms with Gasteiger partial charge in [-0.3, -0.25) is 9.59 Å². The van der Waals surface area contributed by atoms with E-state index in [9.17, 15) is 19.5 Å². The third-order valence-electron chi connectivity index (χ3n) is 3.23. The highest BCUT2D eigenvalue weighted by molar-refractivity contribution is 6.38. The summed E-state index contributed by atoms with van der Waals surface area (Å²) in [4.78, 5) is 33.9. The van der Waals surface area contributed by atoms with E-state index in [0.717, 1.165) is 0 Å². The van der Waals surface area contributed by atoms with Gasteiger partial charge in [0.15, 0.2) is 0 Å². The van der Waals surface area contributed by atoms with Crippen molar-refractivity contribution in [3.63, 3.8) is 0 Å². The highest BCUT2D eigenvalue weighted by Crippen LogP contribution is 2.19. The molecule has 2 aromatic rings. The molecule has 0 heterocycles. The summed E-state index contributed by atoms with van der Waals surface area (Å²) >= 11 is 0. The minimum absolute atomic E-state index is 0.193. The van der Waals surface area contributed by atoms with Gasteiger partial charge in [-0.25, -0.2) is 4.79 Å². The molecule has 0 aliphatic heterocycles. The minimum atomic E-state index is -1.67. The first-order chi connectivity index (χ1) is 11.9. The molecule has 2 aromatic carbocycles. The van der Waals surface area contributed by atoms with Crippen LogP contribution in [-0.4, -0.2) is 35.0 Å². The Morgan fingerprint density at radius 3 is 2.36 bits per heavy atom. The van der Waals surface area contributed by atoms with Crippen molar-refractivity contribution < 1.29 is 29.3 Å². The Morgan fingerprint density at radius 2 is 1.68 bits per heavy atom. The molecule has 0 saturated carbocycles. The number of carbonyl (C=O) groups is 3. The fourth-order valence-corrected chi connectivity index (χ4v) is 1.99. The molecule has 7 nitrogen and oxygen atoms in total. The predicted molar refractivity (Wildman–Crippen MR) is 90.6 cm³/mol. The van der Waals surface area contributed by atoms with Crippen LogP contribution in [0.3, 0.4) is 0 Å². The van der Waals surface area contributed by atoms with Crippen molar-refractivity contribution >= 4 is 29.1 Å². The van der Waals surface area contributed by atoms with Crippen molar-refractivity contribution in [2.75, 3.05) is 12.4 Å². The summed E-state index contributed by atoms with van der Waals surface area (Å²) in [5.41, 5.74) is 0.941. The van der Waals surface area contributed by atoms with Gasteiger partial charge >= 0.3 is 5.97 Å². The van der Waals surface area contributed by atoms with E-state index in [0.29, 0.717) is 23.1 Å². The molecule has 0 aliphatic rings. The van der Waals surface area contributed by atoms with Crippen LogP contribution < -0.4 is 10.1 Å². The molecule has 25 heavy (non-hydrogen) atoms. The zero-order valence-electron chi connectivity index (χ0n) is 13.2. The van der Waals surface area contributed by atoms with Crippen LogP contribution in [0.25, 0.3) is 5.76 Å². The van der Waals surface area contributed by atoms with E-state index in [2.05, 4.69) is 5.32 Å². The molecule has 1 amide bonds. The summed E-state index contributed by atoms with van der Waals surface area (Å²) in [6.45, 7) is 0. The van der Waals surface area contributed by atoms with Crippen LogP contribution in [0.2, 0.25) is 0 Å². The maximum Gasteiger partial charge on any atom is 0.376 e. The first kappa shape index (κ1) is 17.7. The third kappa shape index (κ3) is 4.68. The molecule has 0 spiro atoms. The first-order valence-electron chi connectivity index (χ1n) is 7.14. The zero-order chi connectivity index (χ0) is 18.4. The van der Waals surface area contributed by atoms with Gasteiger partial charge in [-0.15, -0.1) is 0 Å². The van der Waals surface area contributed by atoms with E-state index in [-0.39, 0.29) is 11.5 Å². The highest BCUT2D eigenvalue weighted by Gasteiger charge is 2.12. The second-order valence-electron chi connectivity index (χ2n) is 4.97. The fraction of sp³-hybridized carbons (Fsp3) is 0.0556. The summed E-state index contributed by atoms with van der Waals surface area (Å²) < 4.78 is 5.06. The number of anilines is 1. The van der Waals surface area contributed by atoms with Gasteiger partial charge in [-0.2, -0.15) is 0 Å². The number of aliphatic carboxylic acids is 1. The maximum absolute atomic E-state index is 12.3. The van der Waals surface area contributed by atoms with Gasteiger partial charge < -0.3 is 20.3 Å². The molecule has 128 valence electrons. The lowest BCUT2D eigenvalue weighted by Crippen LogP contribution is -2.12. The molecular formula is C18H15NO6. The number of carboxylic acids is 1. The lowest BCUT2D eigenvalue weighted by molar-refractivity contribution is -0.146. The minimum Gasteiger partial charge on any atom is -0.507 e. The van der Waals surface area contributed by atoms with Crippen molar-refractivity contribution in [2.45, 2.75) is 0 Å². The van der Waals surface area contributed by atoms with Crippen molar-refractivity contribution in [3.8, 4) is 5.75 Å². The Labute approximate surface area is 143 Å². The number of methoxy groups -OCH3 is 1. The topological polar surface area (TPSA) is 113 Å². The molecule has 3 N–H and O–H groups in total. The van der Waals surface area contributed by atoms with Gasteiger partial charge in [-0.05, 0) is 30.3 Å². The molecule has 0 aliphatic carbocycles. The number of ketones is 1. The van der Waals surface area contributed by atoms with Crippen LogP contribution in [0.15, 0.2) is 54.6 Å². The number of aliphatic hydroxyl groups is 1. The number of aliphatic hydroxyl groups excluding tert-OH is 1. The predicted octanol–water partition coefficient (Wildman–Crippen LogP) is 2.50. The number of hydrogen-bond acceptors (Lipinski definition) is 5. The summed E-state index contributed by atoms with van der Waals surface area (Å²) in [6.07, 6.45) is 0.603. The summed E-state index contributed by atoms with van der Waals surface area (Å²) in [7, 11) is 1.49. The Kier molecular flexibility index (Phi) is 5.52. The van der Waals surface area contributed by atoms with E-state index < -0.39 is 17.5 Å². The summed E-state index contributed by atoms with van der Waals surface area (Å²) in [5, 5.41) is 21.0. The normalized spacial score (nSPS) is 10.8. The number of benzene rings is 2. The lowest BCUT2D eigenvalue weighted by Gasteiger charge is -2.08. The first-order valence-corrected chi connectivity index (χ1v) is 7.14. The largest absolute Gasteiger partial charge is 0.507 e. The number of rotatable bonds is 6.